The highest BCUT2D eigenvalue weighted by Crippen LogP contribution is 2.29. The van der Waals surface area contributed by atoms with Crippen LogP contribution in [0.4, 0.5) is 0 Å². The number of carbonyl (C=O) groups excluding carboxylic acids is 1. The Hall–Kier alpha value is -2.31. The number of thiophene rings is 1. The SMILES string of the molecule is O=C(c1cc2ccccc2s1)N1C[C@@H](Cc2cnccn2)[C@H](O)C1. The van der Waals surface area contributed by atoms with E-state index in [2.05, 4.69) is 9.97 Å². The van der Waals surface area contributed by atoms with Gasteiger partial charge in [0.05, 0.1) is 16.7 Å². The molecule has 0 spiro atoms. The van der Waals surface area contributed by atoms with Crippen molar-refractivity contribution in [3.63, 3.8) is 0 Å². The molecule has 1 N–H and O–H groups in total. The summed E-state index contributed by atoms with van der Waals surface area (Å²) in [7, 11) is 0. The number of aliphatic hydroxyl groups is 1. The smallest absolute Gasteiger partial charge is 0.264 e. The van der Waals surface area contributed by atoms with Crippen molar-refractivity contribution in [2.24, 2.45) is 5.92 Å². The second-order valence-electron chi connectivity index (χ2n) is 6.09. The minimum atomic E-state index is -0.523. The molecule has 1 amide bonds. The normalized spacial score (nSPS) is 20.6. The van der Waals surface area contributed by atoms with Crippen LogP contribution in [0.25, 0.3) is 10.1 Å². The molecule has 1 aliphatic rings. The quantitative estimate of drug-likeness (QED) is 0.795. The van der Waals surface area contributed by atoms with Crippen LogP contribution in [0.1, 0.15) is 15.4 Å². The third-order valence-corrected chi connectivity index (χ3v) is 5.52. The van der Waals surface area contributed by atoms with Crippen LogP contribution in [-0.2, 0) is 6.42 Å². The Morgan fingerprint density at radius 1 is 1.29 bits per heavy atom. The van der Waals surface area contributed by atoms with Crippen molar-refractivity contribution in [3.8, 4) is 0 Å². The molecule has 1 aliphatic heterocycles. The van der Waals surface area contributed by atoms with Gasteiger partial charge in [0.1, 0.15) is 0 Å². The standard InChI is InChI=1S/C18H17N3O2S/c22-15-11-21(10-13(15)7-14-9-19-5-6-20-14)18(23)17-8-12-3-1-2-4-16(12)24-17/h1-6,8-9,13,15,22H,7,10-11H2/t13-,15-/m1/s1. The Bertz CT molecular complexity index is 832. The number of nitrogens with zero attached hydrogens (tertiary/aromatic N) is 3. The Morgan fingerprint density at radius 2 is 2.17 bits per heavy atom. The summed E-state index contributed by atoms with van der Waals surface area (Å²) in [6.07, 6.45) is 5.10. The number of β-amino-alcohol motifs (C(OH)–C–C–N with tert-alkyl or cyclic N) is 1. The van der Waals surface area contributed by atoms with Crippen molar-refractivity contribution in [2.45, 2.75) is 12.5 Å². The van der Waals surface area contributed by atoms with Crippen LogP contribution >= 0.6 is 11.3 Å². The summed E-state index contributed by atoms with van der Waals surface area (Å²) in [5, 5.41) is 11.4. The first-order valence-corrected chi connectivity index (χ1v) is 8.73. The molecule has 1 saturated heterocycles. The number of amides is 1. The Kier molecular flexibility index (Phi) is 4.00. The number of aliphatic hydroxyl groups excluding tert-OH is 1. The summed E-state index contributed by atoms with van der Waals surface area (Å²) in [4.78, 5) is 23.5. The predicted octanol–water partition coefficient (Wildman–Crippen LogP) is 2.37. The van der Waals surface area contributed by atoms with Crippen LogP contribution in [0.5, 0.6) is 0 Å². The molecular weight excluding hydrogens is 322 g/mol. The molecule has 2 atom stereocenters. The van der Waals surface area contributed by atoms with Gasteiger partial charge in [0.15, 0.2) is 0 Å². The van der Waals surface area contributed by atoms with Crippen LogP contribution < -0.4 is 0 Å². The van der Waals surface area contributed by atoms with E-state index in [9.17, 15) is 9.90 Å². The number of aromatic nitrogens is 2. The summed E-state index contributed by atoms with van der Waals surface area (Å²) < 4.78 is 1.11. The molecule has 0 aliphatic carbocycles. The van der Waals surface area contributed by atoms with E-state index in [0.29, 0.717) is 19.5 Å². The lowest BCUT2D eigenvalue weighted by molar-refractivity contribution is 0.0769. The maximum Gasteiger partial charge on any atom is 0.264 e. The second kappa shape index (κ2) is 6.30. The van der Waals surface area contributed by atoms with Gasteiger partial charge in [0.2, 0.25) is 0 Å². The van der Waals surface area contributed by atoms with E-state index >= 15 is 0 Å². The van der Waals surface area contributed by atoms with E-state index in [1.54, 1.807) is 23.5 Å². The van der Waals surface area contributed by atoms with Crippen molar-refractivity contribution >= 4 is 27.3 Å². The topological polar surface area (TPSA) is 66.3 Å². The van der Waals surface area contributed by atoms with Gasteiger partial charge in [-0.3, -0.25) is 14.8 Å². The van der Waals surface area contributed by atoms with Crippen molar-refractivity contribution in [2.75, 3.05) is 13.1 Å². The number of likely N-dealkylation sites (tertiary alicyclic amines) is 1. The maximum atomic E-state index is 12.8. The van der Waals surface area contributed by atoms with E-state index in [4.69, 9.17) is 0 Å². The summed E-state index contributed by atoms with van der Waals surface area (Å²) in [6, 6.07) is 9.92. The third-order valence-electron chi connectivity index (χ3n) is 4.42. The fourth-order valence-corrected chi connectivity index (χ4v) is 4.20. The van der Waals surface area contributed by atoms with E-state index in [-0.39, 0.29) is 11.8 Å². The fraction of sp³-hybridized carbons (Fsp3) is 0.278. The van der Waals surface area contributed by atoms with Gasteiger partial charge in [-0.2, -0.15) is 0 Å². The minimum absolute atomic E-state index is 0.0000262. The Morgan fingerprint density at radius 3 is 2.96 bits per heavy atom. The minimum Gasteiger partial charge on any atom is -0.391 e. The van der Waals surface area contributed by atoms with Crippen molar-refractivity contribution in [3.05, 3.63) is 59.5 Å². The number of carbonyl (C=O) groups is 1. The van der Waals surface area contributed by atoms with Gasteiger partial charge < -0.3 is 10.0 Å². The lowest BCUT2D eigenvalue weighted by Crippen LogP contribution is -2.28. The molecular formula is C18H17N3O2S. The highest BCUT2D eigenvalue weighted by Gasteiger charge is 2.35. The van der Waals surface area contributed by atoms with Crippen LogP contribution in [-0.4, -0.2) is 45.1 Å². The largest absolute Gasteiger partial charge is 0.391 e. The average Bonchev–Trinajstić information content (AvgIpc) is 3.19. The third kappa shape index (κ3) is 2.90. The van der Waals surface area contributed by atoms with Gasteiger partial charge >= 0.3 is 0 Å². The monoisotopic (exact) mass is 339 g/mol. The molecule has 0 saturated carbocycles. The molecule has 3 aromatic rings. The van der Waals surface area contributed by atoms with Crippen LogP contribution in [0.2, 0.25) is 0 Å². The number of hydrogen-bond acceptors (Lipinski definition) is 5. The number of rotatable bonds is 3. The molecule has 24 heavy (non-hydrogen) atoms. The summed E-state index contributed by atoms with van der Waals surface area (Å²) in [5.74, 6) is -0.00285. The molecule has 6 heteroatoms. The second-order valence-corrected chi connectivity index (χ2v) is 7.17. The van der Waals surface area contributed by atoms with Crippen molar-refractivity contribution in [1.82, 2.24) is 14.9 Å². The van der Waals surface area contributed by atoms with E-state index < -0.39 is 6.10 Å². The van der Waals surface area contributed by atoms with Gasteiger partial charge in [-0.25, -0.2) is 0 Å². The lowest BCUT2D eigenvalue weighted by Gasteiger charge is -2.14. The maximum absolute atomic E-state index is 12.8. The fourth-order valence-electron chi connectivity index (χ4n) is 3.17. The highest BCUT2D eigenvalue weighted by molar-refractivity contribution is 7.20. The zero-order chi connectivity index (χ0) is 16.5. The summed E-state index contributed by atoms with van der Waals surface area (Å²) in [6.45, 7) is 0.919. The first-order chi connectivity index (χ1) is 11.7. The zero-order valence-electron chi connectivity index (χ0n) is 13.0. The van der Waals surface area contributed by atoms with Gasteiger partial charge in [-0.1, -0.05) is 18.2 Å². The number of benzene rings is 1. The van der Waals surface area contributed by atoms with Crippen LogP contribution in [0.3, 0.4) is 0 Å². The highest BCUT2D eigenvalue weighted by atomic mass is 32.1. The van der Waals surface area contributed by atoms with Gasteiger partial charge in [-0.05, 0) is 23.9 Å². The molecule has 122 valence electrons. The average molecular weight is 339 g/mol. The van der Waals surface area contributed by atoms with Crippen LogP contribution in [0, 0.1) is 5.92 Å². The molecule has 0 radical (unpaired) electrons. The Balaban J connectivity index is 1.49. The first-order valence-electron chi connectivity index (χ1n) is 7.91. The molecule has 0 bridgehead atoms. The molecule has 5 nitrogen and oxygen atoms in total. The molecule has 2 aromatic heterocycles. The Labute approximate surface area is 143 Å². The van der Waals surface area contributed by atoms with Gasteiger partial charge in [0, 0.05) is 42.3 Å². The van der Waals surface area contributed by atoms with Crippen molar-refractivity contribution in [1.29, 1.82) is 0 Å². The molecule has 4 rings (SSSR count). The lowest BCUT2D eigenvalue weighted by atomic mass is 10.0. The van der Waals surface area contributed by atoms with Crippen LogP contribution in [0.15, 0.2) is 48.9 Å². The first kappa shape index (κ1) is 15.2. The summed E-state index contributed by atoms with van der Waals surface area (Å²) >= 11 is 1.50. The molecule has 0 unspecified atom stereocenters. The molecule has 1 aromatic carbocycles. The van der Waals surface area contributed by atoms with Gasteiger partial charge in [0.25, 0.3) is 5.91 Å². The van der Waals surface area contributed by atoms with E-state index in [0.717, 1.165) is 20.7 Å². The molecule has 1 fully saturated rings. The number of hydrogen-bond donors (Lipinski definition) is 1. The molecule has 3 heterocycles. The van der Waals surface area contributed by atoms with E-state index in [1.165, 1.54) is 11.3 Å². The van der Waals surface area contributed by atoms with Crippen molar-refractivity contribution < 1.29 is 9.90 Å². The predicted molar refractivity (Wildman–Crippen MR) is 93.0 cm³/mol. The van der Waals surface area contributed by atoms with Gasteiger partial charge in [-0.15, -0.1) is 11.3 Å². The zero-order valence-corrected chi connectivity index (χ0v) is 13.8. The summed E-state index contributed by atoms with van der Waals surface area (Å²) in [5.41, 5.74) is 0.845. The number of fused-ring (bicyclic) bond motifs is 1. The van der Waals surface area contributed by atoms with E-state index in [1.807, 2.05) is 30.3 Å².